The summed E-state index contributed by atoms with van der Waals surface area (Å²) in [4.78, 5) is 0. The zero-order chi connectivity index (χ0) is 7.98. The van der Waals surface area contributed by atoms with Gasteiger partial charge in [0.05, 0.1) is 6.10 Å². The molecule has 0 aliphatic carbocycles. The second-order valence-corrected chi connectivity index (χ2v) is 2.38. The van der Waals surface area contributed by atoms with Crippen molar-refractivity contribution in [2.24, 2.45) is 0 Å². The van der Waals surface area contributed by atoms with E-state index in [-0.39, 0.29) is 6.10 Å². The second kappa shape index (κ2) is 5.28. The monoisotopic (exact) mass is 140 g/mol. The minimum atomic E-state index is -0.337. The highest BCUT2D eigenvalue weighted by Gasteiger charge is 2.00. The van der Waals surface area contributed by atoms with E-state index in [0.717, 1.165) is 18.4 Å². The Hall–Kier alpha value is -0.520. The van der Waals surface area contributed by atoms with Crippen LogP contribution >= 0.6 is 0 Å². The lowest BCUT2D eigenvalue weighted by molar-refractivity contribution is 0.227. The first-order valence-corrected chi connectivity index (χ1v) is 3.80. The van der Waals surface area contributed by atoms with Gasteiger partial charge in [-0.1, -0.05) is 13.3 Å². The van der Waals surface area contributed by atoms with Gasteiger partial charge in [-0.3, -0.25) is 0 Å². The third kappa shape index (κ3) is 3.49. The fourth-order valence-electron chi connectivity index (χ4n) is 0.856. The number of hydrogen-bond acceptors (Lipinski definition) is 1. The summed E-state index contributed by atoms with van der Waals surface area (Å²) in [7, 11) is 0. The van der Waals surface area contributed by atoms with Gasteiger partial charge in [-0.15, -0.1) is 5.73 Å². The predicted octanol–water partition coefficient (Wildman–Crippen LogP) is 2.27. The summed E-state index contributed by atoms with van der Waals surface area (Å²) in [6.45, 7) is 5.79. The van der Waals surface area contributed by atoms with E-state index >= 15 is 0 Å². The largest absolute Gasteiger partial charge is 0.388 e. The summed E-state index contributed by atoms with van der Waals surface area (Å²) >= 11 is 0. The lowest BCUT2D eigenvalue weighted by Gasteiger charge is -2.04. The molecule has 0 radical (unpaired) electrons. The van der Waals surface area contributed by atoms with Crippen LogP contribution in [0.4, 0.5) is 0 Å². The van der Waals surface area contributed by atoms with Crippen LogP contribution in [0.15, 0.2) is 17.4 Å². The first kappa shape index (κ1) is 9.48. The Balaban J connectivity index is 4.13. The van der Waals surface area contributed by atoms with Gasteiger partial charge < -0.3 is 5.11 Å². The van der Waals surface area contributed by atoms with Crippen LogP contribution in [0.2, 0.25) is 0 Å². The number of rotatable bonds is 3. The zero-order valence-corrected chi connectivity index (χ0v) is 7.02. The average molecular weight is 140 g/mol. The van der Waals surface area contributed by atoms with Crippen molar-refractivity contribution in [1.82, 2.24) is 0 Å². The van der Waals surface area contributed by atoms with Crippen LogP contribution in [-0.4, -0.2) is 11.2 Å². The van der Waals surface area contributed by atoms with Gasteiger partial charge in [0, 0.05) is 0 Å². The molecule has 0 aromatic rings. The number of aliphatic hydroxyl groups is 1. The molecular formula is C9H16O. The third-order valence-corrected chi connectivity index (χ3v) is 1.35. The molecule has 0 saturated carbocycles. The molecule has 0 aliphatic heterocycles. The summed E-state index contributed by atoms with van der Waals surface area (Å²) in [6, 6.07) is 0. The molecule has 0 aromatic carbocycles. The summed E-state index contributed by atoms with van der Waals surface area (Å²) in [5, 5.41) is 9.15. The quantitative estimate of drug-likeness (QED) is 0.596. The molecule has 1 heteroatoms. The van der Waals surface area contributed by atoms with Crippen LogP contribution < -0.4 is 0 Å². The number of hydrogen-bond donors (Lipinski definition) is 1. The van der Waals surface area contributed by atoms with Gasteiger partial charge >= 0.3 is 0 Å². The van der Waals surface area contributed by atoms with Crippen molar-refractivity contribution in [2.45, 2.75) is 39.7 Å². The van der Waals surface area contributed by atoms with Crippen molar-refractivity contribution in [3.8, 4) is 0 Å². The SMILES string of the molecule is CC=C=C(CCC)C(C)O. The maximum Gasteiger partial charge on any atom is 0.0795 e. The Kier molecular flexibility index (Phi) is 5.00. The lowest BCUT2D eigenvalue weighted by atomic mass is 10.1. The molecule has 10 heavy (non-hydrogen) atoms. The maximum absolute atomic E-state index is 9.15. The van der Waals surface area contributed by atoms with Gasteiger partial charge in [0.15, 0.2) is 0 Å². The van der Waals surface area contributed by atoms with Crippen LogP contribution in [0, 0.1) is 0 Å². The lowest BCUT2D eigenvalue weighted by Crippen LogP contribution is -2.02. The topological polar surface area (TPSA) is 20.2 Å². The minimum absolute atomic E-state index is 0.337. The van der Waals surface area contributed by atoms with Crippen LogP contribution in [0.25, 0.3) is 0 Å². The minimum Gasteiger partial charge on any atom is -0.388 e. The van der Waals surface area contributed by atoms with Crippen molar-refractivity contribution < 1.29 is 5.11 Å². The van der Waals surface area contributed by atoms with Crippen molar-refractivity contribution in [3.05, 3.63) is 17.4 Å². The molecule has 0 aliphatic rings. The van der Waals surface area contributed by atoms with Gasteiger partial charge in [-0.05, 0) is 31.9 Å². The molecule has 1 N–H and O–H groups in total. The highest BCUT2D eigenvalue weighted by molar-refractivity contribution is 5.05. The Morgan fingerprint density at radius 3 is 2.60 bits per heavy atom. The average Bonchev–Trinajstić information content (AvgIpc) is 1.87. The normalized spacial score (nSPS) is 12.0. The molecule has 0 heterocycles. The van der Waals surface area contributed by atoms with Crippen LogP contribution in [-0.2, 0) is 0 Å². The summed E-state index contributed by atoms with van der Waals surface area (Å²) < 4.78 is 0. The van der Waals surface area contributed by atoms with E-state index in [2.05, 4.69) is 12.7 Å². The maximum atomic E-state index is 9.15. The Labute approximate surface area is 63.1 Å². The fraction of sp³-hybridized carbons (Fsp3) is 0.667. The first-order chi connectivity index (χ1) is 4.72. The van der Waals surface area contributed by atoms with E-state index < -0.39 is 0 Å². The van der Waals surface area contributed by atoms with Crippen molar-refractivity contribution in [2.75, 3.05) is 0 Å². The molecule has 58 valence electrons. The third-order valence-electron chi connectivity index (χ3n) is 1.35. The van der Waals surface area contributed by atoms with E-state index in [9.17, 15) is 0 Å². The fourth-order valence-corrected chi connectivity index (χ4v) is 0.856. The molecule has 0 fully saturated rings. The molecule has 1 unspecified atom stereocenters. The van der Waals surface area contributed by atoms with Crippen molar-refractivity contribution in [1.29, 1.82) is 0 Å². The Morgan fingerprint density at radius 2 is 2.30 bits per heavy atom. The zero-order valence-electron chi connectivity index (χ0n) is 7.02. The molecule has 0 spiro atoms. The summed E-state index contributed by atoms with van der Waals surface area (Å²) in [5.41, 5.74) is 4.03. The summed E-state index contributed by atoms with van der Waals surface area (Å²) in [6.07, 6.45) is 3.52. The van der Waals surface area contributed by atoms with Crippen LogP contribution in [0.5, 0.6) is 0 Å². The molecule has 0 aromatic heterocycles. The summed E-state index contributed by atoms with van der Waals surface area (Å²) in [5.74, 6) is 0. The molecule has 0 saturated heterocycles. The van der Waals surface area contributed by atoms with Crippen molar-refractivity contribution in [3.63, 3.8) is 0 Å². The Bertz CT molecular complexity index is 139. The van der Waals surface area contributed by atoms with Gasteiger partial charge in [0.1, 0.15) is 0 Å². The molecule has 1 atom stereocenters. The Morgan fingerprint density at radius 1 is 1.70 bits per heavy atom. The van der Waals surface area contributed by atoms with E-state index in [1.54, 1.807) is 6.92 Å². The van der Waals surface area contributed by atoms with E-state index in [4.69, 9.17) is 5.11 Å². The smallest absolute Gasteiger partial charge is 0.0795 e. The molecular weight excluding hydrogens is 124 g/mol. The molecule has 0 amide bonds. The standard InChI is InChI=1S/C9H16O/c1-4-6-9(7-5-2)8(3)10/h4,8,10H,5,7H2,1-3H3. The molecule has 1 nitrogen and oxygen atoms in total. The molecule has 0 rings (SSSR count). The second-order valence-electron chi connectivity index (χ2n) is 2.38. The first-order valence-electron chi connectivity index (χ1n) is 3.80. The van der Waals surface area contributed by atoms with Gasteiger partial charge in [0.2, 0.25) is 0 Å². The van der Waals surface area contributed by atoms with Gasteiger partial charge in [0.25, 0.3) is 0 Å². The molecule has 0 bridgehead atoms. The van der Waals surface area contributed by atoms with E-state index in [1.807, 2.05) is 13.0 Å². The van der Waals surface area contributed by atoms with E-state index in [0.29, 0.717) is 0 Å². The van der Waals surface area contributed by atoms with Gasteiger partial charge in [-0.25, -0.2) is 0 Å². The van der Waals surface area contributed by atoms with Gasteiger partial charge in [-0.2, -0.15) is 0 Å². The van der Waals surface area contributed by atoms with Crippen LogP contribution in [0.1, 0.15) is 33.6 Å². The highest BCUT2D eigenvalue weighted by atomic mass is 16.3. The van der Waals surface area contributed by atoms with Crippen LogP contribution in [0.3, 0.4) is 0 Å². The highest BCUT2D eigenvalue weighted by Crippen LogP contribution is 2.07. The van der Waals surface area contributed by atoms with Crippen molar-refractivity contribution >= 4 is 0 Å². The van der Waals surface area contributed by atoms with E-state index in [1.165, 1.54) is 0 Å². The predicted molar refractivity (Wildman–Crippen MR) is 43.9 cm³/mol. The number of aliphatic hydroxyl groups excluding tert-OH is 1.